The number of nitrogens with one attached hydrogen (secondary N) is 1. The summed E-state index contributed by atoms with van der Waals surface area (Å²) in [4.78, 5) is 24.4. The van der Waals surface area contributed by atoms with Crippen molar-refractivity contribution in [3.05, 3.63) is 59.2 Å². The van der Waals surface area contributed by atoms with Crippen LogP contribution in [0, 0.1) is 0 Å². The highest BCUT2D eigenvalue weighted by atomic mass is 16.5. The predicted octanol–water partition coefficient (Wildman–Crippen LogP) is 1.32. The Labute approximate surface area is 150 Å². The van der Waals surface area contributed by atoms with E-state index in [1.807, 2.05) is 0 Å². The van der Waals surface area contributed by atoms with Crippen LogP contribution in [0.4, 0.5) is 0 Å². The first-order chi connectivity index (χ1) is 12.5. The predicted molar refractivity (Wildman–Crippen MR) is 94.1 cm³/mol. The van der Waals surface area contributed by atoms with Crippen LogP contribution < -0.4 is 9.97 Å². The minimum atomic E-state index is -1.34. The number of carbonyl (C=O) groups is 2. The zero-order chi connectivity index (χ0) is 18.7. The molecule has 0 saturated carbocycles. The lowest BCUT2D eigenvalue weighted by Gasteiger charge is -2.29. The van der Waals surface area contributed by atoms with Crippen LogP contribution in [0.3, 0.4) is 0 Å². The second-order valence-corrected chi connectivity index (χ2v) is 5.82. The van der Waals surface area contributed by atoms with Gasteiger partial charge in [0, 0.05) is 0 Å². The highest BCUT2D eigenvalue weighted by molar-refractivity contribution is 6.47. The third-order valence-electron chi connectivity index (χ3n) is 4.08. The van der Waals surface area contributed by atoms with Crippen LogP contribution >= 0.6 is 0 Å². The molecule has 3 rings (SSSR count). The number of phenolic OH excluding ortho intramolecular Hbond substituents is 1. The number of esters is 1. The molecule has 0 aliphatic carbocycles. The number of fused-ring (bicyclic) bond motifs is 1. The van der Waals surface area contributed by atoms with Gasteiger partial charge in [0.1, 0.15) is 17.1 Å². The molecule has 0 fully saturated rings. The van der Waals surface area contributed by atoms with Crippen molar-refractivity contribution in [3.8, 4) is 11.5 Å². The molecule has 8 heteroatoms. The molecule has 0 radical (unpaired) electrons. The van der Waals surface area contributed by atoms with Gasteiger partial charge in [-0.05, 0) is 37.1 Å². The van der Waals surface area contributed by atoms with Crippen LogP contribution in [0.15, 0.2) is 42.5 Å². The number of ether oxygens (including phenoxy) is 1. The number of aromatic hydroxyl groups is 1. The van der Waals surface area contributed by atoms with E-state index in [0.29, 0.717) is 5.56 Å². The standard InChI is InChI=1S/C18H18BNO6/c1-2-25-18(23)13-8-5-6-11-10-15(19(24)26-16(11)13)20-17(22)12-7-3-4-9-14(12)21/h3-9,15,21,24H,2,10H2,1H3,(H,20,22)/t15-/m0/s1. The third kappa shape index (κ3) is 3.50. The molecule has 7 nitrogen and oxygen atoms in total. The molecule has 26 heavy (non-hydrogen) atoms. The van der Waals surface area contributed by atoms with E-state index in [2.05, 4.69) is 5.32 Å². The summed E-state index contributed by atoms with van der Waals surface area (Å²) in [5, 5.41) is 22.7. The average Bonchev–Trinajstić information content (AvgIpc) is 2.62. The summed E-state index contributed by atoms with van der Waals surface area (Å²) in [6.07, 6.45) is 0.267. The quantitative estimate of drug-likeness (QED) is 0.564. The van der Waals surface area contributed by atoms with Crippen LogP contribution in [0.25, 0.3) is 0 Å². The van der Waals surface area contributed by atoms with Crippen LogP contribution in [0.1, 0.15) is 33.2 Å². The maximum absolute atomic E-state index is 12.3. The Bertz CT molecular complexity index is 840. The first kappa shape index (κ1) is 17.8. The summed E-state index contributed by atoms with van der Waals surface area (Å²) >= 11 is 0. The molecule has 0 bridgehead atoms. The van der Waals surface area contributed by atoms with Gasteiger partial charge >= 0.3 is 13.1 Å². The number of para-hydroxylation sites is 2. The molecule has 0 aromatic heterocycles. The minimum absolute atomic E-state index is 0.103. The van der Waals surface area contributed by atoms with Gasteiger partial charge in [-0.2, -0.15) is 0 Å². The topological polar surface area (TPSA) is 105 Å². The molecule has 2 aromatic carbocycles. The van der Waals surface area contributed by atoms with Crippen molar-refractivity contribution in [2.75, 3.05) is 6.61 Å². The number of carbonyl (C=O) groups excluding carboxylic acids is 2. The molecule has 134 valence electrons. The Balaban J connectivity index is 1.80. The van der Waals surface area contributed by atoms with Gasteiger partial charge in [0.25, 0.3) is 5.91 Å². The van der Waals surface area contributed by atoms with Crippen LogP contribution in [-0.4, -0.2) is 41.7 Å². The summed E-state index contributed by atoms with van der Waals surface area (Å²) in [5.41, 5.74) is 1.00. The maximum atomic E-state index is 12.3. The summed E-state index contributed by atoms with van der Waals surface area (Å²) in [6.45, 7) is 1.93. The van der Waals surface area contributed by atoms with Gasteiger partial charge in [0.2, 0.25) is 0 Å². The van der Waals surface area contributed by atoms with Gasteiger partial charge in [-0.25, -0.2) is 4.79 Å². The molecule has 1 heterocycles. The van der Waals surface area contributed by atoms with Crippen molar-refractivity contribution in [1.29, 1.82) is 0 Å². The summed E-state index contributed by atoms with van der Waals surface area (Å²) in [5.74, 6) is -1.69. The fourth-order valence-corrected chi connectivity index (χ4v) is 2.83. The first-order valence-corrected chi connectivity index (χ1v) is 8.23. The second kappa shape index (κ2) is 7.49. The zero-order valence-electron chi connectivity index (χ0n) is 14.1. The molecule has 1 amide bonds. The normalized spacial score (nSPS) is 15.6. The molecular weight excluding hydrogens is 337 g/mol. The van der Waals surface area contributed by atoms with Crippen molar-refractivity contribution in [2.24, 2.45) is 0 Å². The average molecular weight is 355 g/mol. The first-order valence-electron chi connectivity index (χ1n) is 8.23. The van der Waals surface area contributed by atoms with Gasteiger partial charge < -0.3 is 24.8 Å². The Morgan fingerprint density at radius 3 is 2.69 bits per heavy atom. The van der Waals surface area contributed by atoms with Gasteiger partial charge in [-0.15, -0.1) is 0 Å². The molecule has 1 atom stereocenters. The van der Waals surface area contributed by atoms with Crippen molar-refractivity contribution in [1.82, 2.24) is 5.32 Å². The number of phenols is 1. The molecular formula is C18H18BNO6. The SMILES string of the molecule is CCOC(=O)c1cccc2c1OB(O)[C@@H](NC(=O)c1ccccc1O)C2. The Hall–Kier alpha value is -3.00. The van der Waals surface area contributed by atoms with Gasteiger partial charge in [0.05, 0.1) is 18.1 Å². The molecule has 0 unspecified atom stereocenters. The molecule has 1 aliphatic heterocycles. The van der Waals surface area contributed by atoms with E-state index in [9.17, 15) is 19.7 Å². The van der Waals surface area contributed by atoms with Gasteiger partial charge in [-0.1, -0.05) is 24.3 Å². The lowest BCUT2D eigenvalue weighted by Crippen LogP contribution is -2.53. The van der Waals surface area contributed by atoms with E-state index in [-0.39, 0.29) is 35.7 Å². The van der Waals surface area contributed by atoms with Crippen molar-refractivity contribution in [2.45, 2.75) is 19.3 Å². The summed E-state index contributed by atoms with van der Waals surface area (Å²) < 4.78 is 10.5. The minimum Gasteiger partial charge on any atom is -0.534 e. The monoisotopic (exact) mass is 355 g/mol. The molecule has 3 N–H and O–H groups in total. The van der Waals surface area contributed by atoms with Gasteiger partial charge in [-0.3, -0.25) is 4.79 Å². The lowest BCUT2D eigenvalue weighted by molar-refractivity contribution is 0.0523. The Morgan fingerprint density at radius 1 is 1.23 bits per heavy atom. The molecule has 0 spiro atoms. The number of hydrogen-bond donors (Lipinski definition) is 3. The van der Waals surface area contributed by atoms with Crippen molar-refractivity contribution < 1.29 is 29.1 Å². The fourth-order valence-electron chi connectivity index (χ4n) is 2.83. The molecule has 1 aliphatic rings. The summed E-state index contributed by atoms with van der Waals surface area (Å²) in [6, 6.07) is 11.1. The fraction of sp³-hybridized carbons (Fsp3) is 0.222. The van der Waals surface area contributed by atoms with Gasteiger partial charge in [0.15, 0.2) is 0 Å². The highest BCUT2D eigenvalue weighted by Gasteiger charge is 2.38. The number of hydrogen-bond acceptors (Lipinski definition) is 6. The van der Waals surface area contributed by atoms with E-state index in [1.165, 1.54) is 12.1 Å². The van der Waals surface area contributed by atoms with Crippen molar-refractivity contribution in [3.63, 3.8) is 0 Å². The molecule has 0 saturated heterocycles. The number of amides is 1. The van der Waals surface area contributed by atoms with Crippen molar-refractivity contribution >= 4 is 19.0 Å². The van der Waals surface area contributed by atoms with Crippen LogP contribution in [0.5, 0.6) is 11.5 Å². The lowest BCUT2D eigenvalue weighted by atomic mass is 9.72. The third-order valence-corrected chi connectivity index (χ3v) is 4.08. The smallest absolute Gasteiger partial charge is 0.534 e. The van der Waals surface area contributed by atoms with E-state index >= 15 is 0 Å². The molecule has 2 aromatic rings. The van der Waals surface area contributed by atoms with E-state index in [4.69, 9.17) is 9.39 Å². The van der Waals surface area contributed by atoms with Crippen LogP contribution in [0.2, 0.25) is 0 Å². The largest absolute Gasteiger partial charge is 0.547 e. The summed E-state index contributed by atoms with van der Waals surface area (Å²) in [7, 11) is -1.34. The van der Waals surface area contributed by atoms with E-state index in [0.717, 1.165) is 0 Å². The Morgan fingerprint density at radius 2 is 1.96 bits per heavy atom. The van der Waals surface area contributed by atoms with E-state index < -0.39 is 24.9 Å². The highest BCUT2D eigenvalue weighted by Crippen LogP contribution is 2.31. The second-order valence-electron chi connectivity index (χ2n) is 5.82. The number of benzene rings is 2. The van der Waals surface area contributed by atoms with Crippen LogP contribution in [-0.2, 0) is 11.2 Å². The zero-order valence-corrected chi connectivity index (χ0v) is 14.1. The Kier molecular flexibility index (Phi) is 5.13. The van der Waals surface area contributed by atoms with E-state index in [1.54, 1.807) is 37.3 Å². The number of rotatable bonds is 4. The maximum Gasteiger partial charge on any atom is 0.547 e.